The van der Waals surface area contributed by atoms with Crippen LogP contribution in [-0.4, -0.2) is 29.5 Å². The summed E-state index contributed by atoms with van der Waals surface area (Å²) in [5.41, 5.74) is -0.462. The highest BCUT2D eigenvalue weighted by atomic mass is 19.4. The van der Waals surface area contributed by atoms with Gasteiger partial charge in [0.05, 0.1) is 12.0 Å². The normalized spacial score (nSPS) is 14.5. The van der Waals surface area contributed by atoms with Gasteiger partial charge in [-0.05, 0) is 30.5 Å². The van der Waals surface area contributed by atoms with Crippen LogP contribution in [0.1, 0.15) is 26.3 Å². The largest absolute Gasteiger partial charge is 0.573 e. The molecule has 1 atom stereocenters. The number of nitrogens with one attached hydrogen (secondary N) is 1. The maximum atomic E-state index is 12.0. The minimum atomic E-state index is -4.73. The second-order valence-corrected chi connectivity index (χ2v) is 5.66. The van der Waals surface area contributed by atoms with Gasteiger partial charge in [-0.15, -0.1) is 13.2 Å². The van der Waals surface area contributed by atoms with Crippen LogP contribution in [-0.2, 0) is 11.2 Å². The third-order valence-corrected chi connectivity index (χ3v) is 3.41. The van der Waals surface area contributed by atoms with Crippen LogP contribution in [0.3, 0.4) is 0 Å². The monoisotopic (exact) mass is 319 g/mol. The summed E-state index contributed by atoms with van der Waals surface area (Å²) in [6, 6.07) is 5.09. The molecular formula is C15H20F3NO3. The van der Waals surface area contributed by atoms with Gasteiger partial charge in [-0.1, -0.05) is 26.0 Å². The minimum absolute atomic E-state index is 0.0144. The van der Waals surface area contributed by atoms with Crippen molar-refractivity contribution in [3.05, 3.63) is 29.8 Å². The van der Waals surface area contributed by atoms with E-state index < -0.39 is 12.0 Å². The lowest BCUT2D eigenvalue weighted by atomic mass is 9.92. The standard InChI is InChI=1S/C15H20F3NO3/c1-10(2)14(3,21)9-19-13(20)8-11-4-6-12(7-5-11)22-15(16,17)18/h4-7,10,21H,8-9H2,1-3H3,(H,19,20). The van der Waals surface area contributed by atoms with Gasteiger partial charge >= 0.3 is 6.36 Å². The summed E-state index contributed by atoms with van der Waals surface area (Å²) in [4.78, 5) is 11.8. The Balaban J connectivity index is 2.52. The fraction of sp³-hybridized carbons (Fsp3) is 0.533. The fourth-order valence-corrected chi connectivity index (χ4v) is 1.54. The summed E-state index contributed by atoms with van der Waals surface area (Å²) in [7, 11) is 0. The average Bonchev–Trinajstić information content (AvgIpc) is 2.37. The number of hydrogen-bond acceptors (Lipinski definition) is 3. The van der Waals surface area contributed by atoms with Crippen molar-refractivity contribution in [3.8, 4) is 5.75 Å². The minimum Gasteiger partial charge on any atom is -0.406 e. The lowest BCUT2D eigenvalue weighted by Crippen LogP contribution is -2.44. The molecule has 1 amide bonds. The Morgan fingerprint density at radius 3 is 2.27 bits per heavy atom. The van der Waals surface area contributed by atoms with Gasteiger partial charge in [0.25, 0.3) is 0 Å². The summed E-state index contributed by atoms with van der Waals surface area (Å²) in [6.45, 7) is 5.41. The lowest BCUT2D eigenvalue weighted by Gasteiger charge is -2.27. The second-order valence-electron chi connectivity index (χ2n) is 5.66. The zero-order valence-corrected chi connectivity index (χ0v) is 12.7. The van der Waals surface area contributed by atoms with Gasteiger partial charge < -0.3 is 15.2 Å². The third kappa shape index (κ3) is 6.34. The van der Waals surface area contributed by atoms with Gasteiger partial charge in [-0.3, -0.25) is 4.79 Å². The van der Waals surface area contributed by atoms with Crippen LogP contribution in [0, 0.1) is 5.92 Å². The Bertz CT molecular complexity index is 496. The van der Waals surface area contributed by atoms with Gasteiger partial charge in [0.1, 0.15) is 5.75 Å². The number of benzene rings is 1. The summed E-state index contributed by atoms with van der Waals surface area (Å²) in [6.07, 6.45) is -4.72. The van der Waals surface area contributed by atoms with E-state index in [-0.39, 0.29) is 30.5 Å². The first-order valence-electron chi connectivity index (χ1n) is 6.83. The third-order valence-electron chi connectivity index (χ3n) is 3.41. The van der Waals surface area contributed by atoms with E-state index >= 15 is 0 Å². The van der Waals surface area contributed by atoms with Crippen LogP contribution in [0.25, 0.3) is 0 Å². The molecule has 1 rings (SSSR count). The highest BCUT2D eigenvalue weighted by Crippen LogP contribution is 2.22. The van der Waals surface area contributed by atoms with Gasteiger partial charge in [-0.25, -0.2) is 0 Å². The molecule has 0 aromatic heterocycles. The molecule has 22 heavy (non-hydrogen) atoms. The summed E-state index contributed by atoms with van der Waals surface area (Å²) in [5.74, 6) is -0.670. The molecule has 0 aliphatic rings. The molecule has 0 fully saturated rings. The van der Waals surface area contributed by atoms with E-state index in [1.165, 1.54) is 12.1 Å². The molecule has 0 heterocycles. The summed E-state index contributed by atoms with van der Waals surface area (Å²) in [5, 5.41) is 12.6. The van der Waals surface area contributed by atoms with E-state index in [1.807, 2.05) is 13.8 Å². The SMILES string of the molecule is CC(C)C(C)(O)CNC(=O)Cc1ccc(OC(F)(F)F)cc1. The van der Waals surface area contributed by atoms with Crippen molar-refractivity contribution in [2.45, 2.75) is 39.2 Å². The predicted octanol–water partition coefficient (Wildman–Crippen LogP) is 2.65. The maximum absolute atomic E-state index is 12.0. The van der Waals surface area contributed by atoms with E-state index in [4.69, 9.17) is 0 Å². The molecule has 124 valence electrons. The van der Waals surface area contributed by atoms with Crippen LogP contribution >= 0.6 is 0 Å². The van der Waals surface area contributed by atoms with Crippen molar-refractivity contribution < 1.29 is 27.8 Å². The molecule has 2 N–H and O–H groups in total. The smallest absolute Gasteiger partial charge is 0.406 e. The average molecular weight is 319 g/mol. The Labute approximate surface area is 127 Å². The van der Waals surface area contributed by atoms with Crippen molar-refractivity contribution in [1.82, 2.24) is 5.32 Å². The van der Waals surface area contributed by atoms with Gasteiger partial charge in [0, 0.05) is 6.54 Å². The molecule has 0 aliphatic carbocycles. The van der Waals surface area contributed by atoms with E-state index in [2.05, 4.69) is 10.1 Å². The molecule has 7 heteroatoms. The van der Waals surface area contributed by atoms with E-state index in [9.17, 15) is 23.1 Å². The molecule has 0 aliphatic heterocycles. The molecule has 0 saturated heterocycles. The summed E-state index contributed by atoms with van der Waals surface area (Å²) >= 11 is 0. The molecule has 0 saturated carbocycles. The van der Waals surface area contributed by atoms with Crippen LogP contribution in [0.15, 0.2) is 24.3 Å². The lowest BCUT2D eigenvalue weighted by molar-refractivity contribution is -0.274. The number of rotatable bonds is 6. The number of alkyl halides is 3. The van der Waals surface area contributed by atoms with Crippen molar-refractivity contribution in [2.75, 3.05) is 6.54 Å². The van der Waals surface area contributed by atoms with E-state index in [1.54, 1.807) is 6.92 Å². The van der Waals surface area contributed by atoms with E-state index in [0.29, 0.717) is 5.56 Å². The summed E-state index contributed by atoms with van der Waals surface area (Å²) < 4.78 is 39.8. The number of carbonyl (C=O) groups is 1. The molecule has 1 aromatic carbocycles. The van der Waals surface area contributed by atoms with E-state index in [0.717, 1.165) is 12.1 Å². The topological polar surface area (TPSA) is 58.6 Å². The van der Waals surface area contributed by atoms with Crippen molar-refractivity contribution in [1.29, 1.82) is 0 Å². The molecule has 0 radical (unpaired) electrons. The number of amides is 1. The first-order chi connectivity index (χ1) is 9.99. The van der Waals surface area contributed by atoms with Gasteiger partial charge in [0.15, 0.2) is 0 Å². The van der Waals surface area contributed by atoms with Crippen molar-refractivity contribution in [3.63, 3.8) is 0 Å². The van der Waals surface area contributed by atoms with Crippen LogP contribution in [0.2, 0.25) is 0 Å². The number of carbonyl (C=O) groups excluding carboxylic acids is 1. The second kappa shape index (κ2) is 7.00. The Morgan fingerprint density at radius 1 is 1.27 bits per heavy atom. The fourth-order valence-electron chi connectivity index (χ4n) is 1.54. The first kappa shape index (κ1) is 18.3. The molecular weight excluding hydrogens is 299 g/mol. The van der Waals surface area contributed by atoms with Crippen LogP contribution in [0.5, 0.6) is 5.75 Å². The number of hydrogen-bond donors (Lipinski definition) is 2. The highest BCUT2D eigenvalue weighted by Gasteiger charge is 2.31. The molecule has 1 unspecified atom stereocenters. The van der Waals surface area contributed by atoms with Crippen molar-refractivity contribution >= 4 is 5.91 Å². The first-order valence-corrected chi connectivity index (χ1v) is 6.83. The number of ether oxygens (including phenoxy) is 1. The molecule has 4 nitrogen and oxygen atoms in total. The molecule has 0 bridgehead atoms. The molecule has 0 spiro atoms. The highest BCUT2D eigenvalue weighted by molar-refractivity contribution is 5.78. The van der Waals surface area contributed by atoms with Crippen LogP contribution in [0.4, 0.5) is 13.2 Å². The number of halogens is 3. The Kier molecular flexibility index (Phi) is 5.82. The zero-order valence-electron chi connectivity index (χ0n) is 12.7. The quantitative estimate of drug-likeness (QED) is 0.847. The van der Waals surface area contributed by atoms with Gasteiger partial charge in [0.2, 0.25) is 5.91 Å². The van der Waals surface area contributed by atoms with Crippen LogP contribution < -0.4 is 10.1 Å². The maximum Gasteiger partial charge on any atom is 0.573 e. The predicted molar refractivity (Wildman–Crippen MR) is 75.3 cm³/mol. The zero-order chi connectivity index (χ0) is 17.0. The number of aliphatic hydroxyl groups is 1. The molecule has 1 aromatic rings. The Hall–Kier alpha value is -1.76. The van der Waals surface area contributed by atoms with Crippen molar-refractivity contribution in [2.24, 2.45) is 5.92 Å². The Morgan fingerprint density at radius 2 is 1.82 bits per heavy atom. The van der Waals surface area contributed by atoms with Gasteiger partial charge in [-0.2, -0.15) is 0 Å².